The Hall–Kier alpha value is -2.00. The van der Waals surface area contributed by atoms with Crippen LogP contribution >= 0.6 is 0 Å². The topological polar surface area (TPSA) is 44.5 Å². The van der Waals surface area contributed by atoms with Crippen LogP contribution in [0.25, 0.3) is 0 Å². The van der Waals surface area contributed by atoms with Gasteiger partial charge in [-0.3, -0.25) is 0 Å². The number of nitrogens with two attached hydrogens (primary N) is 1. The highest BCUT2D eigenvalue weighted by molar-refractivity contribution is 5.42. The van der Waals surface area contributed by atoms with E-state index in [0.29, 0.717) is 6.61 Å². The number of hydrogen-bond acceptors (Lipinski definition) is 3. The number of methoxy groups -OCH3 is 1. The van der Waals surface area contributed by atoms with Crippen LogP contribution in [-0.2, 0) is 0 Å². The minimum Gasteiger partial charge on any atom is -0.496 e. The lowest BCUT2D eigenvalue weighted by Gasteiger charge is -2.18. The van der Waals surface area contributed by atoms with Gasteiger partial charge < -0.3 is 15.2 Å². The average Bonchev–Trinajstić information content (AvgIpc) is 2.47. The fourth-order valence-corrected chi connectivity index (χ4v) is 2.22. The van der Waals surface area contributed by atoms with Crippen LogP contribution in [0.5, 0.6) is 11.5 Å². The Morgan fingerprint density at radius 1 is 1.05 bits per heavy atom. The number of ether oxygens (including phenoxy) is 2. The summed E-state index contributed by atoms with van der Waals surface area (Å²) in [6, 6.07) is 13.7. The maximum Gasteiger partial charge on any atom is 0.122 e. The molecule has 2 rings (SSSR count). The van der Waals surface area contributed by atoms with Crippen molar-refractivity contribution in [3.05, 3.63) is 59.2 Å². The smallest absolute Gasteiger partial charge is 0.122 e. The average molecular weight is 271 g/mol. The van der Waals surface area contributed by atoms with Crippen molar-refractivity contribution in [3.8, 4) is 11.5 Å². The van der Waals surface area contributed by atoms with E-state index in [0.717, 1.165) is 28.2 Å². The third kappa shape index (κ3) is 3.31. The predicted molar refractivity (Wildman–Crippen MR) is 81.3 cm³/mol. The van der Waals surface area contributed by atoms with Crippen LogP contribution in [0.15, 0.2) is 42.5 Å². The third-order valence-electron chi connectivity index (χ3n) is 3.36. The van der Waals surface area contributed by atoms with E-state index in [4.69, 9.17) is 15.2 Å². The van der Waals surface area contributed by atoms with Gasteiger partial charge in [0.05, 0.1) is 13.2 Å². The van der Waals surface area contributed by atoms with Crippen molar-refractivity contribution < 1.29 is 9.47 Å². The summed E-state index contributed by atoms with van der Waals surface area (Å²) >= 11 is 0. The Kier molecular flexibility index (Phi) is 4.64. The standard InChI is InChI=1S/C17H21NO2/c1-12-10-17(19-3)13(2)9-15(12)16(18)11-20-14-7-5-4-6-8-14/h4-10,16H,11,18H2,1-3H3. The Morgan fingerprint density at radius 3 is 2.40 bits per heavy atom. The van der Waals surface area contributed by atoms with Gasteiger partial charge in [0, 0.05) is 0 Å². The molecule has 0 heterocycles. The quantitative estimate of drug-likeness (QED) is 0.906. The van der Waals surface area contributed by atoms with E-state index in [1.807, 2.05) is 50.2 Å². The van der Waals surface area contributed by atoms with E-state index in [1.54, 1.807) is 7.11 Å². The Morgan fingerprint density at radius 2 is 1.75 bits per heavy atom. The van der Waals surface area contributed by atoms with Gasteiger partial charge in [0.25, 0.3) is 0 Å². The van der Waals surface area contributed by atoms with Crippen molar-refractivity contribution in [2.45, 2.75) is 19.9 Å². The second kappa shape index (κ2) is 6.44. The summed E-state index contributed by atoms with van der Waals surface area (Å²) in [6.45, 7) is 4.52. The molecule has 2 N–H and O–H groups in total. The Balaban J connectivity index is 2.09. The zero-order chi connectivity index (χ0) is 14.5. The monoisotopic (exact) mass is 271 g/mol. The lowest BCUT2D eigenvalue weighted by molar-refractivity contribution is 0.290. The van der Waals surface area contributed by atoms with Crippen LogP contribution in [0.4, 0.5) is 0 Å². The van der Waals surface area contributed by atoms with Gasteiger partial charge >= 0.3 is 0 Å². The van der Waals surface area contributed by atoms with Crippen molar-refractivity contribution in [1.82, 2.24) is 0 Å². The van der Waals surface area contributed by atoms with Crippen LogP contribution < -0.4 is 15.2 Å². The number of para-hydroxylation sites is 1. The third-order valence-corrected chi connectivity index (χ3v) is 3.36. The molecule has 3 heteroatoms. The van der Waals surface area contributed by atoms with Crippen molar-refractivity contribution in [2.24, 2.45) is 5.73 Å². The molecule has 0 saturated heterocycles. The van der Waals surface area contributed by atoms with Gasteiger partial charge in [0.1, 0.15) is 18.1 Å². The summed E-state index contributed by atoms with van der Waals surface area (Å²) in [4.78, 5) is 0. The van der Waals surface area contributed by atoms with E-state index in [9.17, 15) is 0 Å². The summed E-state index contributed by atoms with van der Waals surface area (Å²) in [5.74, 6) is 1.73. The fraction of sp³-hybridized carbons (Fsp3) is 0.294. The largest absolute Gasteiger partial charge is 0.496 e. The number of benzene rings is 2. The summed E-state index contributed by atoms with van der Waals surface area (Å²) < 4.78 is 11.0. The molecule has 0 spiro atoms. The molecular formula is C17H21NO2. The highest BCUT2D eigenvalue weighted by Gasteiger charge is 2.12. The van der Waals surface area contributed by atoms with E-state index >= 15 is 0 Å². The molecule has 1 atom stereocenters. The molecule has 3 nitrogen and oxygen atoms in total. The molecule has 2 aromatic rings. The van der Waals surface area contributed by atoms with Gasteiger partial charge in [-0.15, -0.1) is 0 Å². The van der Waals surface area contributed by atoms with E-state index < -0.39 is 0 Å². The van der Waals surface area contributed by atoms with Gasteiger partial charge in [-0.1, -0.05) is 24.3 Å². The first-order valence-electron chi connectivity index (χ1n) is 6.70. The minimum absolute atomic E-state index is 0.153. The number of rotatable bonds is 5. The van der Waals surface area contributed by atoms with Crippen molar-refractivity contribution in [3.63, 3.8) is 0 Å². The van der Waals surface area contributed by atoms with Gasteiger partial charge in [0.2, 0.25) is 0 Å². The number of hydrogen-bond donors (Lipinski definition) is 1. The van der Waals surface area contributed by atoms with Crippen molar-refractivity contribution in [2.75, 3.05) is 13.7 Å². The SMILES string of the molecule is COc1cc(C)c(C(N)COc2ccccc2)cc1C. The zero-order valence-electron chi connectivity index (χ0n) is 12.2. The first kappa shape index (κ1) is 14.4. The maximum atomic E-state index is 6.24. The first-order valence-corrected chi connectivity index (χ1v) is 6.70. The Bertz CT molecular complexity index is 567. The molecule has 0 amide bonds. The molecule has 20 heavy (non-hydrogen) atoms. The first-order chi connectivity index (χ1) is 9.61. The maximum absolute atomic E-state index is 6.24. The molecule has 0 saturated carbocycles. The summed E-state index contributed by atoms with van der Waals surface area (Å²) in [6.07, 6.45) is 0. The van der Waals surface area contributed by atoms with Gasteiger partial charge in [-0.2, -0.15) is 0 Å². The molecule has 2 aromatic carbocycles. The van der Waals surface area contributed by atoms with E-state index in [2.05, 4.69) is 6.07 Å². The predicted octanol–water partition coefficient (Wildman–Crippen LogP) is 3.39. The second-order valence-electron chi connectivity index (χ2n) is 4.91. The van der Waals surface area contributed by atoms with E-state index in [1.165, 1.54) is 0 Å². The second-order valence-corrected chi connectivity index (χ2v) is 4.91. The molecule has 0 aromatic heterocycles. The Labute approximate surface area is 120 Å². The lowest BCUT2D eigenvalue weighted by atomic mass is 9.99. The molecule has 0 fully saturated rings. The van der Waals surface area contributed by atoms with Crippen LogP contribution in [0.3, 0.4) is 0 Å². The van der Waals surface area contributed by atoms with Gasteiger partial charge in [0.15, 0.2) is 0 Å². The van der Waals surface area contributed by atoms with Gasteiger partial charge in [-0.25, -0.2) is 0 Å². The van der Waals surface area contributed by atoms with E-state index in [-0.39, 0.29) is 6.04 Å². The summed E-state index contributed by atoms with van der Waals surface area (Å²) in [5, 5.41) is 0. The van der Waals surface area contributed by atoms with Crippen molar-refractivity contribution >= 4 is 0 Å². The summed E-state index contributed by atoms with van der Waals surface area (Å²) in [7, 11) is 1.68. The van der Waals surface area contributed by atoms with Crippen LogP contribution in [0, 0.1) is 13.8 Å². The minimum atomic E-state index is -0.153. The normalized spacial score (nSPS) is 12.0. The highest BCUT2D eigenvalue weighted by atomic mass is 16.5. The zero-order valence-corrected chi connectivity index (χ0v) is 12.2. The summed E-state index contributed by atoms with van der Waals surface area (Å²) in [5.41, 5.74) is 9.54. The molecule has 0 aliphatic heterocycles. The molecule has 0 radical (unpaired) electrons. The molecule has 0 aliphatic carbocycles. The molecule has 0 bridgehead atoms. The molecule has 106 valence electrons. The van der Waals surface area contributed by atoms with Gasteiger partial charge in [-0.05, 0) is 48.7 Å². The van der Waals surface area contributed by atoms with Crippen LogP contribution in [-0.4, -0.2) is 13.7 Å². The molecule has 1 unspecified atom stereocenters. The van der Waals surface area contributed by atoms with Crippen molar-refractivity contribution in [1.29, 1.82) is 0 Å². The fourth-order valence-electron chi connectivity index (χ4n) is 2.22. The molecule has 0 aliphatic rings. The highest BCUT2D eigenvalue weighted by Crippen LogP contribution is 2.26. The molecular weight excluding hydrogens is 250 g/mol. The van der Waals surface area contributed by atoms with Crippen LogP contribution in [0.1, 0.15) is 22.7 Å². The van der Waals surface area contributed by atoms with Crippen LogP contribution in [0.2, 0.25) is 0 Å². The lowest BCUT2D eigenvalue weighted by Crippen LogP contribution is -2.20. The number of aryl methyl sites for hydroxylation is 2.